The molecule has 0 saturated carbocycles. The Morgan fingerprint density at radius 2 is 1.79 bits per heavy atom. The van der Waals surface area contributed by atoms with Crippen molar-refractivity contribution in [3.05, 3.63) is 69.3 Å². The minimum Gasteiger partial charge on any atom is -0.336 e. The van der Waals surface area contributed by atoms with Crippen LogP contribution in [0.3, 0.4) is 0 Å². The molecule has 0 spiro atoms. The number of para-hydroxylation sites is 1. The summed E-state index contributed by atoms with van der Waals surface area (Å²) >= 11 is 1.20. The van der Waals surface area contributed by atoms with Crippen LogP contribution in [0.1, 0.15) is 24.1 Å². The molecule has 0 aliphatic carbocycles. The van der Waals surface area contributed by atoms with E-state index in [1.807, 2.05) is 48.2 Å². The summed E-state index contributed by atoms with van der Waals surface area (Å²) < 4.78 is 2.55. The number of benzene rings is 2. The van der Waals surface area contributed by atoms with E-state index in [-0.39, 0.29) is 10.8 Å². The van der Waals surface area contributed by atoms with Gasteiger partial charge in [0.15, 0.2) is 0 Å². The van der Waals surface area contributed by atoms with Gasteiger partial charge in [0.25, 0.3) is 0 Å². The molecule has 0 unspecified atom stereocenters. The third-order valence-corrected chi connectivity index (χ3v) is 5.64. The molecular formula is C19H18N2O2S. The summed E-state index contributed by atoms with van der Waals surface area (Å²) in [6.07, 6.45) is 0.869. The molecule has 0 radical (unpaired) electrons. The molecule has 4 rings (SSSR count). The van der Waals surface area contributed by atoms with Crippen molar-refractivity contribution in [1.29, 1.82) is 0 Å². The maximum absolute atomic E-state index is 13.0. The van der Waals surface area contributed by atoms with Crippen LogP contribution in [0, 0.1) is 0 Å². The molecule has 2 aromatic carbocycles. The number of fused-ring (bicyclic) bond motifs is 2. The molecule has 24 heavy (non-hydrogen) atoms. The number of aromatic nitrogens is 1. The Kier molecular flexibility index (Phi) is 3.73. The van der Waals surface area contributed by atoms with Gasteiger partial charge in [-0.1, -0.05) is 47.7 Å². The van der Waals surface area contributed by atoms with E-state index in [2.05, 4.69) is 12.1 Å². The standard InChI is InChI=1S/C19H18N2O2S/c1-13(21-16-8-4-5-9-17(16)24-19(21)23)18(22)20-11-10-14-6-2-3-7-15(14)12-20/h2-9,13H,10-12H2,1H3/t13-/m0/s1. The largest absolute Gasteiger partial charge is 0.336 e. The summed E-state index contributed by atoms with van der Waals surface area (Å²) in [5, 5.41) is 0. The SMILES string of the molecule is C[C@@H](C(=O)N1CCc2ccccc2C1)n1c(=O)sc2ccccc21. The van der Waals surface area contributed by atoms with E-state index in [1.54, 1.807) is 4.57 Å². The van der Waals surface area contributed by atoms with Crippen LogP contribution in [0.15, 0.2) is 53.3 Å². The van der Waals surface area contributed by atoms with Crippen LogP contribution in [0.2, 0.25) is 0 Å². The third kappa shape index (κ3) is 2.45. The molecule has 1 aliphatic heterocycles. The fourth-order valence-corrected chi connectivity index (χ4v) is 4.37. The first-order chi connectivity index (χ1) is 11.6. The van der Waals surface area contributed by atoms with Gasteiger partial charge in [-0.15, -0.1) is 0 Å². The van der Waals surface area contributed by atoms with Gasteiger partial charge in [-0.2, -0.15) is 0 Å². The van der Waals surface area contributed by atoms with Gasteiger partial charge in [0.2, 0.25) is 5.91 Å². The molecule has 4 nitrogen and oxygen atoms in total. The number of hydrogen-bond donors (Lipinski definition) is 0. The van der Waals surface area contributed by atoms with Gasteiger partial charge in [0.1, 0.15) is 6.04 Å². The molecule has 122 valence electrons. The van der Waals surface area contributed by atoms with Crippen LogP contribution in [0.25, 0.3) is 10.2 Å². The molecule has 1 amide bonds. The van der Waals surface area contributed by atoms with Crippen LogP contribution in [-0.2, 0) is 17.8 Å². The molecule has 0 bridgehead atoms. The van der Waals surface area contributed by atoms with Crippen molar-refractivity contribution in [3.8, 4) is 0 Å². The van der Waals surface area contributed by atoms with Gasteiger partial charge < -0.3 is 4.90 Å². The summed E-state index contributed by atoms with van der Waals surface area (Å²) in [6.45, 7) is 3.15. The smallest absolute Gasteiger partial charge is 0.308 e. The van der Waals surface area contributed by atoms with Crippen LogP contribution in [0.5, 0.6) is 0 Å². The topological polar surface area (TPSA) is 42.3 Å². The van der Waals surface area contributed by atoms with Crippen molar-refractivity contribution in [2.45, 2.75) is 25.9 Å². The molecule has 0 fully saturated rings. The zero-order chi connectivity index (χ0) is 16.7. The number of carbonyl (C=O) groups excluding carboxylic acids is 1. The predicted octanol–water partition coefficient (Wildman–Crippen LogP) is 3.21. The third-order valence-electron chi connectivity index (χ3n) is 4.71. The highest BCUT2D eigenvalue weighted by atomic mass is 32.1. The first-order valence-corrected chi connectivity index (χ1v) is 8.92. The lowest BCUT2D eigenvalue weighted by Crippen LogP contribution is -2.41. The number of hydrogen-bond acceptors (Lipinski definition) is 3. The van der Waals surface area contributed by atoms with Gasteiger partial charge >= 0.3 is 4.87 Å². The molecule has 1 aliphatic rings. The number of thiazole rings is 1. The number of amides is 1. The monoisotopic (exact) mass is 338 g/mol. The predicted molar refractivity (Wildman–Crippen MR) is 96.4 cm³/mol. The lowest BCUT2D eigenvalue weighted by molar-refractivity contribution is -0.135. The van der Waals surface area contributed by atoms with Crippen molar-refractivity contribution in [1.82, 2.24) is 9.47 Å². The molecule has 1 atom stereocenters. The average Bonchev–Trinajstić information content (AvgIpc) is 2.95. The van der Waals surface area contributed by atoms with E-state index in [0.717, 1.165) is 16.6 Å². The Bertz CT molecular complexity index is 973. The Labute approximate surface area is 144 Å². The van der Waals surface area contributed by atoms with Crippen molar-refractivity contribution >= 4 is 27.5 Å². The fraction of sp³-hybridized carbons (Fsp3) is 0.263. The average molecular weight is 338 g/mol. The number of rotatable bonds is 2. The zero-order valence-electron chi connectivity index (χ0n) is 13.4. The number of carbonyl (C=O) groups is 1. The summed E-state index contributed by atoms with van der Waals surface area (Å²) in [5.74, 6) is 0.00940. The van der Waals surface area contributed by atoms with Gasteiger partial charge in [0.05, 0.1) is 10.2 Å². The normalized spacial score (nSPS) is 15.3. The van der Waals surface area contributed by atoms with Crippen LogP contribution in [-0.4, -0.2) is 21.9 Å². The summed E-state index contributed by atoms with van der Waals surface area (Å²) in [6, 6.07) is 15.4. The van der Waals surface area contributed by atoms with Gasteiger partial charge in [-0.25, -0.2) is 0 Å². The zero-order valence-corrected chi connectivity index (χ0v) is 14.3. The minimum atomic E-state index is -0.487. The van der Waals surface area contributed by atoms with E-state index in [0.29, 0.717) is 13.1 Å². The quantitative estimate of drug-likeness (QED) is 0.720. The second-order valence-electron chi connectivity index (χ2n) is 6.16. The Morgan fingerprint density at radius 3 is 2.62 bits per heavy atom. The maximum atomic E-state index is 13.0. The van der Waals surface area contributed by atoms with Crippen molar-refractivity contribution in [2.24, 2.45) is 0 Å². The first kappa shape index (κ1) is 15.1. The second kappa shape index (κ2) is 5.91. The van der Waals surface area contributed by atoms with Gasteiger partial charge in [0, 0.05) is 13.1 Å². The highest BCUT2D eigenvalue weighted by molar-refractivity contribution is 7.16. The van der Waals surface area contributed by atoms with Crippen LogP contribution in [0.4, 0.5) is 0 Å². The van der Waals surface area contributed by atoms with Crippen molar-refractivity contribution in [2.75, 3.05) is 6.54 Å². The second-order valence-corrected chi connectivity index (χ2v) is 7.15. The van der Waals surface area contributed by atoms with E-state index in [1.165, 1.54) is 22.5 Å². The Hall–Kier alpha value is -2.40. The van der Waals surface area contributed by atoms with Crippen LogP contribution < -0.4 is 4.87 Å². The Morgan fingerprint density at radius 1 is 1.08 bits per heavy atom. The van der Waals surface area contributed by atoms with Crippen LogP contribution >= 0.6 is 11.3 Å². The highest BCUT2D eigenvalue weighted by Crippen LogP contribution is 2.24. The Balaban J connectivity index is 1.65. The fourth-order valence-electron chi connectivity index (χ4n) is 3.41. The lowest BCUT2D eigenvalue weighted by Gasteiger charge is -2.31. The number of nitrogens with zero attached hydrogens (tertiary/aromatic N) is 2. The molecule has 0 N–H and O–H groups in total. The van der Waals surface area contributed by atoms with Gasteiger partial charge in [-0.3, -0.25) is 14.2 Å². The summed E-state index contributed by atoms with van der Waals surface area (Å²) in [4.78, 5) is 27.1. The molecule has 5 heteroatoms. The van der Waals surface area contributed by atoms with E-state index < -0.39 is 6.04 Å². The van der Waals surface area contributed by atoms with Crippen molar-refractivity contribution < 1.29 is 4.79 Å². The van der Waals surface area contributed by atoms with Crippen molar-refractivity contribution in [3.63, 3.8) is 0 Å². The van der Waals surface area contributed by atoms with Gasteiger partial charge in [-0.05, 0) is 36.6 Å². The molecule has 1 aromatic heterocycles. The van der Waals surface area contributed by atoms with E-state index in [9.17, 15) is 9.59 Å². The molecule has 3 aromatic rings. The molecule has 2 heterocycles. The molecule has 0 saturated heterocycles. The highest BCUT2D eigenvalue weighted by Gasteiger charge is 2.27. The van der Waals surface area contributed by atoms with E-state index >= 15 is 0 Å². The lowest BCUT2D eigenvalue weighted by atomic mass is 9.99. The van der Waals surface area contributed by atoms with E-state index in [4.69, 9.17) is 0 Å². The summed E-state index contributed by atoms with van der Waals surface area (Å²) in [7, 11) is 0. The maximum Gasteiger partial charge on any atom is 0.308 e. The summed E-state index contributed by atoms with van der Waals surface area (Å²) in [5.41, 5.74) is 3.35. The molecular weight excluding hydrogens is 320 g/mol. The minimum absolute atomic E-state index is 0.00940. The first-order valence-electron chi connectivity index (χ1n) is 8.11.